The van der Waals surface area contributed by atoms with E-state index in [-0.39, 0.29) is 37.2 Å². The average Bonchev–Trinajstić information content (AvgIpc) is 2.30. The first-order valence-electron chi connectivity index (χ1n) is 4.32. The van der Waals surface area contributed by atoms with Crippen LogP contribution in [0.2, 0.25) is 0 Å². The maximum absolute atomic E-state index is 5.46. The van der Waals surface area contributed by atoms with Crippen LogP contribution < -0.4 is 5.73 Å². The van der Waals surface area contributed by atoms with Crippen molar-refractivity contribution in [2.75, 3.05) is 0 Å². The molecule has 0 spiro atoms. The molecule has 2 heterocycles. The van der Waals surface area contributed by atoms with Gasteiger partial charge in [0, 0.05) is 24.2 Å². The highest BCUT2D eigenvalue weighted by atomic mass is 35.5. The molecule has 0 aliphatic carbocycles. The van der Waals surface area contributed by atoms with Gasteiger partial charge in [0.15, 0.2) is 0 Å². The van der Waals surface area contributed by atoms with Crippen LogP contribution >= 0.6 is 37.2 Å². The molecule has 0 saturated carbocycles. The summed E-state index contributed by atoms with van der Waals surface area (Å²) in [5, 5.41) is 0. The summed E-state index contributed by atoms with van der Waals surface area (Å²) in [6.07, 6.45) is 5.20. The second-order valence-electron chi connectivity index (χ2n) is 2.80. The van der Waals surface area contributed by atoms with Crippen LogP contribution in [0, 0.1) is 0 Å². The van der Waals surface area contributed by atoms with E-state index in [9.17, 15) is 0 Å². The van der Waals surface area contributed by atoms with Gasteiger partial charge >= 0.3 is 0 Å². The Hall–Kier alpha value is -0.940. The van der Waals surface area contributed by atoms with Crippen molar-refractivity contribution in [3.8, 4) is 11.3 Å². The molecule has 0 fully saturated rings. The van der Waals surface area contributed by atoms with Crippen molar-refractivity contribution in [1.82, 2.24) is 15.0 Å². The molecule has 2 aromatic rings. The van der Waals surface area contributed by atoms with Gasteiger partial charge in [0.1, 0.15) is 5.82 Å². The molecule has 0 saturated heterocycles. The van der Waals surface area contributed by atoms with Gasteiger partial charge in [0.05, 0.1) is 12.2 Å². The Morgan fingerprint density at radius 2 is 1.82 bits per heavy atom. The Morgan fingerprint density at radius 3 is 2.41 bits per heavy atom. The first kappa shape index (κ1) is 18.4. The van der Waals surface area contributed by atoms with E-state index in [0.717, 1.165) is 11.3 Å². The number of nitrogens with zero attached hydrogens (tertiary/aromatic N) is 3. The molecule has 0 amide bonds. The molecule has 0 radical (unpaired) electrons. The molecule has 17 heavy (non-hydrogen) atoms. The van der Waals surface area contributed by atoms with Gasteiger partial charge in [-0.05, 0) is 18.2 Å². The SMILES string of the molecule is Cl.Cl.Cl.NCc1nccc(-c2cccnc2)n1. The highest BCUT2D eigenvalue weighted by molar-refractivity contribution is 5.86. The monoisotopic (exact) mass is 294 g/mol. The highest BCUT2D eigenvalue weighted by Crippen LogP contribution is 2.13. The Labute approximate surface area is 118 Å². The van der Waals surface area contributed by atoms with Crippen molar-refractivity contribution in [3.05, 3.63) is 42.6 Å². The van der Waals surface area contributed by atoms with Gasteiger partial charge < -0.3 is 5.73 Å². The quantitative estimate of drug-likeness (QED) is 0.923. The van der Waals surface area contributed by atoms with Gasteiger partial charge in [-0.2, -0.15) is 0 Å². The molecule has 0 aliphatic heterocycles. The smallest absolute Gasteiger partial charge is 0.142 e. The number of nitrogens with two attached hydrogens (primary N) is 1. The lowest BCUT2D eigenvalue weighted by Crippen LogP contribution is -2.02. The van der Waals surface area contributed by atoms with Crippen molar-refractivity contribution in [2.24, 2.45) is 5.73 Å². The summed E-state index contributed by atoms with van der Waals surface area (Å²) in [7, 11) is 0. The van der Waals surface area contributed by atoms with Gasteiger partial charge in [-0.25, -0.2) is 9.97 Å². The number of pyridine rings is 1. The van der Waals surface area contributed by atoms with E-state index in [1.807, 2.05) is 18.2 Å². The van der Waals surface area contributed by atoms with E-state index in [2.05, 4.69) is 15.0 Å². The predicted molar refractivity (Wildman–Crippen MR) is 74.9 cm³/mol. The highest BCUT2D eigenvalue weighted by Gasteiger charge is 1.99. The van der Waals surface area contributed by atoms with E-state index in [1.54, 1.807) is 18.6 Å². The maximum Gasteiger partial charge on any atom is 0.142 e. The first-order chi connectivity index (χ1) is 6.90. The standard InChI is InChI=1S/C10H10N4.3ClH/c11-6-10-13-5-3-9(14-10)8-2-1-4-12-7-8;;;/h1-5,7H,6,11H2;3*1H. The third-order valence-corrected chi connectivity index (χ3v) is 1.85. The molecule has 2 N–H and O–H groups in total. The minimum atomic E-state index is 0. The van der Waals surface area contributed by atoms with Crippen molar-refractivity contribution in [3.63, 3.8) is 0 Å². The zero-order valence-corrected chi connectivity index (χ0v) is 11.3. The fraction of sp³-hybridized carbons (Fsp3) is 0.100. The molecule has 0 atom stereocenters. The Morgan fingerprint density at radius 1 is 1.06 bits per heavy atom. The minimum Gasteiger partial charge on any atom is -0.324 e. The number of rotatable bonds is 2. The first-order valence-corrected chi connectivity index (χ1v) is 4.32. The number of aromatic nitrogens is 3. The van der Waals surface area contributed by atoms with Crippen LogP contribution in [0.5, 0.6) is 0 Å². The summed E-state index contributed by atoms with van der Waals surface area (Å²) >= 11 is 0. The van der Waals surface area contributed by atoms with Crippen LogP contribution in [0.25, 0.3) is 11.3 Å². The topological polar surface area (TPSA) is 64.7 Å². The van der Waals surface area contributed by atoms with Crippen molar-refractivity contribution in [1.29, 1.82) is 0 Å². The van der Waals surface area contributed by atoms with Crippen LogP contribution in [0.4, 0.5) is 0 Å². The number of hydrogen-bond acceptors (Lipinski definition) is 4. The van der Waals surface area contributed by atoms with E-state index in [0.29, 0.717) is 12.4 Å². The predicted octanol–water partition coefficient (Wildman–Crippen LogP) is 2.26. The lowest BCUT2D eigenvalue weighted by atomic mass is 10.2. The maximum atomic E-state index is 5.46. The summed E-state index contributed by atoms with van der Waals surface area (Å²) in [6.45, 7) is 0.355. The number of hydrogen-bond donors (Lipinski definition) is 1. The molecule has 94 valence electrons. The van der Waals surface area contributed by atoms with Gasteiger partial charge in [-0.15, -0.1) is 37.2 Å². The molecular formula is C10H13Cl3N4. The van der Waals surface area contributed by atoms with E-state index < -0.39 is 0 Å². The van der Waals surface area contributed by atoms with Crippen molar-refractivity contribution in [2.45, 2.75) is 6.54 Å². The average molecular weight is 296 g/mol. The second kappa shape index (κ2) is 9.13. The summed E-state index contributed by atoms with van der Waals surface area (Å²) < 4.78 is 0. The second-order valence-corrected chi connectivity index (χ2v) is 2.80. The summed E-state index contributed by atoms with van der Waals surface area (Å²) in [4.78, 5) is 12.3. The van der Waals surface area contributed by atoms with Crippen LogP contribution in [0.15, 0.2) is 36.8 Å². The fourth-order valence-electron chi connectivity index (χ4n) is 1.17. The van der Waals surface area contributed by atoms with Gasteiger partial charge in [0.2, 0.25) is 0 Å². The molecule has 4 nitrogen and oxygen atoms in total. The lowest BCUT2D eigenvalue weighted by Gasteiger charge is -2.00. The molecule has 7 heteroatoms. The largest absolute Gasteiger partial charge is 0.324 e. The third-order valence-electron chi connectivity index (χ3n) is 1.85. The van der Waals surface area contributed by atoms with E-state index in [4.69, 9.17) is 5.73 Å². The fourth-order valence-corrected chi connectivity index (χ4v) is 1.17. The Kier molecular flexibility index (Phi) is 9.89. The molecule has 0 aliphatic rings. The van der Waals surface area contributed by atoms with Crippen LogP contribution in [-0.4, -0.2) is 15.0 Å². The summed E-state index contributed by atoms with van der Waals surface area (Å²) in [5.74, 6) is 0.645. The normalized spacial score (nSPS) is 8.29. The molecule has 2 rings (SSSR count). The molecule has 0 bridgehead atoms. The minimum absolute atomic E-state index is 0. The van der Waals surface area contributed by atoms with Crippen LogP contribution in [-0.2, 0) is 6.54 Å². The van der Waals surface area contributed by atoms with Gasteiger partial charge in [0.25, 0.3) is 0 Å². The van der Waals surface area contributed by atoms with Gasteiger partial charge in [-0.1, -0.05) is 0 Å². The lowest BCUT2D eigenvalue weighted by molar-refractivity contribution is 0.911. The van der Waals surface area contributed by atoms with Crippen LogP contribution in [0.1, 0.15) is 5.82 Å². The number of halogens is 3. The Balaban J connectivity index is 0. The van der Waals surface area contributed by atoms with E-state index in [1.165, 1.54) is 0 Å². The van der Waals surface area contributed by atoms with E-state index >= 15 is 0 Å². The summed E-state index contributed by atoms with van der Waals surface area (Å²) in [5.41, 5.74) is 7.29. The van der Waals surface area contributed by atoms with Gasteiger partial charge in [-0.3, -0.25) is 4.98 Å². The zero-order chi connectivity index (χ0) is 9.80. The summed E-state index contributed by atoms with van der Waals surface area (Å²) in [6, 6.07) is 5.67. The van der Waals surface area contributed by atoms with Crippen molar-refractivity contribution < 1.29 is 0 Å². The Bertz CT molecular complexity index is 425. The third kappa shape index (κ3) is 4.83. The molecular weight excluding hydrogens is 282 g/mol. The van der Waals surface area contributed by atoms with Crippen LogP contribution in [0.3, 0.4) is 0 Å². The molecule has 0 unspecified atom stereocenters. The van der Waals surface area contributed by atoms with Crippen molar-refractivity contribution >= 4 is 37.2 Å². The molecule has 2 aromatic heterocycles. The zero-order valence-electron chi connectivity index (χ0n) is 8.81. The molecule has 0 aromatic carbocycles.